The summed E-state index contributed by atoms with van der Waals surface area (Å²) in [6.07, 6.45) is 2.69. The maximum absolute atomic E-state index is 12.1. The van der Waals surface area contributed by atoms with Crippen LogP contribution in [0.25, 0.3) is 0 Å². The van der Waals surface area contributed by atoms with Crippen LogP contribution in [0.3, 0.4) is 0 Å². The standard InChI is InChI=1S/C9H14ClN3O2S/c1-4-13(3)16(14,15)8-6-12-5-7(10)9(8)11-2/h5-6H,4H2,1-3H3,(H,11,12). The summed E-state index contributed by atoms with van der Waals surface area (Å²) in [4.78, 5) is 3.89. The molecule has 0 fully saturated rings. The number of sulfonamides is 1. The molecular formula is C9H14ClN3O2S. The van der Waals surface area contributed by atoms with Gasteiger partial charge < -0.3 is 5.32 Å². The average Bonchev–Trinajstić information content (AvgIpc) is 2.27. The number of hydrogen-bond acceptors (Lipinski definition) is 4. The second-order valence-electron chi connectivity index (χ2n) is 3.16. The van der Waals surface area contributed by atoms with Crippen LogP contribution in [0, 0.1) is 0 Å². The van der Waals surface area contributed by atoms with Gasteiger partial charge in [-0.25, -0.2) is 12.7 Å². The van der Waals surface area contributed by atoms with Gasteiger partial charge in [-0.15, -0.1) is 0 Å². The molecule has 0 unspecified atom stereocenters. The van der Waals surface area contributed by atoms with Crippen molar-refractivity contribution in [2.45, 2.75) is 11.8 Å². The molecule has 5 nitrogen and oxygen atoms in total. The first-order valence-corrected chi connectivity index (χ1v) is 6.54. The quantitative estimate of drug-likeness (QED) is 0.892. The molecule has 0 aliphatic heterocycles. The summed E-state index contributed by atoms with van der Waals surface area (Å²) in [5, 5.41) is 3.06. The highest BCUT2D eigenvalue weighted by atomic mass is 35.5. The van der Waals surface area contributed by atoms with Crippen LogP contribution in [-0.2, 0) is 10.0 Å². The molecule has 0 aromatic carbocycles. The molecule has 0 saturated carbocycles. The molecule has 0 saturated heterocycles. The number of nitrogens with zero attached hydrogens (tertiary/aromatic N) is 2. The van der Waals surface area contributed by atoms with Gasteiger partial charge in [0.1, 0.15) is 4.90 Å². The lowest BCUT2D eigenvalue weighted by molar-refractivity contribution is 0.486. The van der Waals surface area contributed by atoms with Crippen LogP contribution in [0.1, 0.15) is 6.92 Å². The minimum absolute atomic E-state index is 0.0897. The zero-order chi connectivity index (χ0) is 12.3. The van der Waals surface area contributed by atoms with E-state index in [-0.39, 0.29) is 9.92 Å². The number of anilines is 1. The lowest BCUT2D eigenvalue weighted by atomic mass is 10.4. The zero-order valence-electron chi connectivity index (χ0n) is 9.36. The Balaban J connectivity index is 3.39. The van der Waals surface area contributed by atoms with Gasteiger partial charge in [-0.1, -0.05) is 18.5 Å². The van der Waals surface area contributed by atoms with Crippen molar-refractivity contribution in [2.75, 3.05) is 26.0 Å². The number of rotatable bonds is 4. The van der Waals surface area contributed by atoms with Gasteiger partial charge >= 0.3 is 0 Å². The third kappa shape index (κ3) is 2.28. The Labute approximate surface area is 100 Å². The van der Waals surface area contributed by atoms with E-state index in [0.717, 1.165) is 0 Å². The summed E-state index contributed by atoms with van der Waals surface area (Å²) in [6, 6.07) is 0. The molecule has 0 aliphatic carbocycles. The SMILES string of the molecule is CCN(C)S(=O)(=O)c1cncc(Cl)c1NC. The minimum atomic E-state index is -3.53. The van der Waals surface area contributed by atoms with Crippen molar-refractivity contribution >= 4 is 27.3 Å². The smallest absolute Gasteiger partial charge is 0.246 e. The van der Waals surface area contributed by atoms with Gasteiger partial charge in [0, 0.05) is 33.0 Å². The molecule has 7 heteroatoms. The topological polar surface area (TPSA) is 62.3 Å². The Morgan fingerprint density at radius 3 is 2.62 bits per heavy atom. The molecule has 90 valence electrons. The van der Waals surface area contributed by atoms with E-state index in [2.05, 4.69) is 10.3 Å². The van der Waals surface area contributed by atoms with Gasteiger partial charge in [0.25, 0.3) is 0 Å². The predicted octanol–water partition coefficient (Wildman–Crippen LogP) is 1.42. The summed E-state index contributed by atoms with van der Waals surface area (Å²) in [6.45, 7) is 2.15. The van der Waals surface area contributed by atoms with Gasteiger partial charge in [-0.3, -0.25) is 4.98 Å². The van der Waals surface area contributed by atoms with E-state index in [1.165, 1.54) is 23.7 Å². The van der Waals surface area contributed by atoms with Crippen LogP contribution in [0.15, 0.2) is 17.3 Å². The number of halogens is 1. The van der Waals surface area contributed by atoms with Gasteiger partial charge in [0.2, 0.25) is 10.0 Å². The number of hydrogen-bond donors (Lipinski definition) is 1. The second-order valence-corrected chi connectivity index (χ2v) is 5.58. The summed E-state index contributed by atoms with van der Waals surface area (Å²) in [5.41, 5.74) is 0.372. The lowest BCUT2D eigenvalue weighted by Crippen LogP contribution is -2.27. The maximum atomic E-state index is 12.1. The largest absolute Gasteiger partial charge is 0.386 e. The van der Waals surface area contributed by atoms with E-state index in [1.807, 2.05) is 0 Å². The molecule has 0 atom stereocenters. The number of nitrogens with one attached hydrogen (secondary N) is 1. The molecular weight excluding hydrogens is 250 g/mol. The summed E-state index contributed by atoms with van der Waals surface area (Å²) < 4.78 is 25.4. The summed E-state index contributed by atoms with van der Waals surface area (Å²) in [7, 11) is -0.404. The van der Waals surface area contributed by atoms with E-state index in [9.17, 15) is 8.42 Å². The number of aromatic nitrogens is 1. The minimum Gasteiger partial charge on any atom is -0.386 e. The molecule has 1 heterocycles. The highest BCUT2D eigenvalue weighted by Gasteiger charge is 2.24. The van der Waals surface area contributed by atoms with Gasteiger partial charge in [0.15, 0.2) is 0 Å². The Bertz CT molecular complexity index is 476. The Morgan fingerprint density at radius 1 is 1.50 bits per heavy atom. The summed E-state index contributed by atoms with van der Waals surface area (Å²) >= 11 is 5.88. The molecule has 0 radical (unpaired) electrons. The van der Waals surface area contributed by atoms with Crippen molar-refractivity contribution in [1.29, 1.82) is 0 Å². The zero-order valence-corrected chi connectivity index (χ0v) is 10.9. The fraction of sp³-hybridized carbons (Fsp3) is 0.444. The van der Waals surface area contributed by atoms with E-state index >= 15 is 0 Å². The van der Waals surface area contributed by atoms with Crippen LogP contribution in [0.2, 0.25) is 5.02 Å². The van der Waals surface area contributed by atoms with Crippen LogP contribution in [0.5, 0.6) is 0 Å². The van der Waals surface area contributed by atoms with Crippen LogP contribution >= 0.6 is 11.6 Å². The van der Waals surface area contributed by atoms with Crippen LogP contribution in [0.4, 0.5) is 5.69 Å². The van der Waals surface area contributed by atoms with E-state index < -0.39 is 10.0 Å². The molecule has 1 aromatic rings. The molecule has 0 aliphatic rings. The average molecular weight is 264 g/mol. The molecule has 0 spiro atoms. The van der Waals surface area contributed by atoms with E-state index in [4.69, 9.17) is 11.6 Å². The van der Waals surface area contributed by atoms with Crippen molar-refractivity contribution in [3.63, 3.8) is 0 Å². The van der Waals surface area contributed by atoms with Crippen molar-refractivity contribution in [2.24, 2.45) is 0 Å². The van der Waals surface area contributed by atoms with Crippen LogP contribution < -0.4 is 5.32 Å². The van der Waals surface area contributed by atoms with Crippen LogP contribution in [-0.4, -0.2) is 38.3 Å². The summed E-state index contributed by atoms with van der Waals surface area (Å²) in [5.74, 6) is 0. The second kappa shape index (κ2) is 4.99. The first-order valence-electron chi connectivity index (χ1n) is 4.72. The highest BCUT2D eigenvalue weighted by molar-refractivity contribution is 7.89. The molecule has 1 N–H and O–H groups in total. The van der Waals surface area contributed by atoms with Crippen molar-refractivity contribution in [3.05, 3.63) is 17.4 Å². The van der Waals surface area contributed by atoms with E-state index in [1.54, 1.807) is 14.0 Å². The molecule has 0 amide bonds. The monoisotopic (exact) mass is 263 g/mol. The maximum Gasteiger partial charge on any atom is 0.246 e. The third-order valence-corrected chi connectivity index (χ3v) is 4.48. The molecule has 0 bridgehead atoms. The molecule has 1 rings (SSSR count). The molecule has 16 heavy (non-hydrogen) atoms. The van der Waals surface area contributed by atoms with Gasteiger partial charge in [0.05, 0.1) is 10.7 Å². The predicted molar refractivity (Wildman–Crippen MR) is 64.3 cm³/mol. The van der Waals surface area contributed by atoms with Crippen molar-refractivity contribution in [1.82, 2.24) is 9.29 Å². The van der Waals surface area contributed by atoms with Crippen molar-refractivity contribution in [3.8, 4) is 0 Å². The fourth-order valence-electron chi connectivity index (χ4n) is 1.19. The molecule has 1 aromatic heterocycles. The van der Waals surface area contributed by atoms with Crippen molar-refractivity contribution < 1.29 is 8.42 Å². The fourth-order valence-corrected chi connectivity index (χ4v) is 2.84. The first-order chi connectivity index (χ1) is 7.45. The Morgan fingerprint density at radius 2 is 2.12 bits per heavy atom. The van der Waals surface area contributed by atoms with Gasteiger partial charge in [-0.05, 0) is 0 Å². The Hall–Kier alpha value is -0.850. The van der Waals surface area contributed by atoms with E-state index in [0.29, 0.717) is 12.2 Å². The normalized spacial score (nSPS) is 11.8. The highest BCUT2D eigenvalue weighted by Crippen LogP contribution is 2.29. The third-order valence-electron chi connectivity index (χ3n) is 2.25. The first kappa shape index (κ1) is 13.2. The Kier molecular flexibility index (Phi) is 4.12. The van der Waals surface area contributed by atoms with Gasteiger partial charge in [-0.2, -0.15) is 0 Å². The lowest BCUT2D eigenvalue weighted by Gasteiger charge is -2.17. The number of pyridine rings is 1.